The van der Waals surface area contributed by atoms with Gasteiger partial charge in [0.1, 0.15) is 0 Å². The van der Waals surface area contributed by atoms with E-state index in [9.17, 15) is 0 Å². The smallest absolute Gasteiger partial charge is 0.170 e. The summed E-state index contributed by atoms with van der Waals surface area (Å²) < 4.78 is 2.33. The summed E-state index contributed by atoms with van der Waals surface area (Å²) in [6, 6.07) is 21.1. The highest BCUT2D eigenvalue weighted by Gasteiger charge is 2.41. The van der Waals surface area contributed by atoms with Crippen molar-refractivity contribution in [3.05, 3.63) is 113 Å². The van der Waals surface area contributed by atoms with Crippen LogP contribution in [0.5, 0.6) is 0 Å². The van der Waals surface area contributed by atoms with Crippen molar-refractivity contribution in [1.82, 2.24) is 24.8 Å². The first-order valence-corrected chi connectivity index (χ1v) is 11.6. The second kappa shape index (κ2) is 8.79. The van der Waals surface area contributed by atoms with E-state index in [0.29, 0.717) is 6.54 Å². The molecule has 1 fully saturated rings. The fourth-order valence-electron chi connectivity index (χ4n) is 4.78. The Morgan fingerprint density at radius 3 is 2.39 bits per heavy atom. The van der Waals surface area contributed by atoms with Crippen molar-refractivity contribution in [3.63, 3.8) is 0 Å². The molecule has 166 valence electrons. The Morgan fingerprint density at radius 2 is 1.70 bits per heavy atom. The number of thiocarbonyl (C=S) groups is 1. The van der Waals surface area contributed by atoms with Gasteiger partial charge < -0.3 is 14.8 Å². The molecule has 0 aliphatic carbocycles. The van der Waals surface area contributed by atoms with Gasteiger partial charge in [-0.1, -0.05) is 23.8 Å². The van der Waals surface area contributed by atoms with Gasteiger partial charge in [0.05, 0.1) is 17.8 Å². The molecule has 33 heavy (non-hydrogen) atoms. The minimum absolute atomic E-state index is 0.0194. The van der Waals surface area contributed by atoms with Crippen LogP contribution in [0.1, 0.15) is 45.9 Å². The molecule has 4 heterocycles. The van der Waals surface area contributed by atoms with Crippen LogP contribution in [0.15, 0.2) is 79.3 Å². The molecule has 5 nitrogen and oxygen atoms in total. The van der Waals surface area contributed by atoms with Crippen molar-refractivity contribution in [2.75, 3.05) is 0 Å². The maximum atomic E-state index is 5.85. The van der Waals surface area contributed by atoms with E-state index < -0.39 is 0 Å². The Labute approximate surface area is 200 Å². The van der Waals surface area contributed by atoms with Crippen molar-refractivity contribution in [1.29, 1.82) is 0 Å². The predicted octanol–water partition coefficient (Wildman–Crippen LogP) is 5.37. The third-order valence-electron chi connectivity index (χ3n) is 6.38. The first kappa shape index (κ1) is 21.3. The Bertz CT molecular complexity index is 1270. The Morgan fingerprint density at radius 1 is 0.939 bits per heavy atom. The van der Waals surface area contributed by atoms with Crippen LogP contribution in [-0.4, -0.2) is 24.5 Å². The largest absolute Gasteiger partial charge is 0.352 e. The van der Waals surface area contributed by atoms with Crippen LogP contribution in [0.4, 0.5) is 0 Å². The van der Waals surface area contributed by atoms with Gasteiger partial charge in [-0.15, -0.1) is 0 Å². The summed E-state index contributed by atoms with van der Waals surface area (Å²) in [6.45, 7) is 7.18. The van der Waals surface area contributed by atoms with Gasteiger partial charge in [-0.25, -0.2) is 0 Å². The third-order valence-corrected chi connectivity index (χ3v) is 6.73. The van der Waals surface area contributed by atoms with Gasteiger partial charge in [0.2, 0.25) is 0 Å². The molecule has 3 aromatic heterocycles. The second-order valence-corrected chi connectivity index (χ2v) is 8.99. The van der Waals surface area contributed by atoms with Crippen molar-refractivity contribution >= 4 is 17.3 Å². The molecule has 1 saturated heterocycles. The minimum atomic E-state index is -0.0347. The topological polar surface area (TPSA) is 46.0 Å². The maximum Gasteiger partial charge on any atom is 0.170 e. The van der Waals surface area contributed by atoms with Gasteiger partial charge in [-0.3, -0.25) is 9.97 Å². The molecule has 5 rings (SSSR count). The van der Waals surface area contributed by atoms with E-state index >= 15 is 0 Å². The summed E-state index contributed by atoms with van der Waals surface area (Å²) in [5, 5.41) is 4.31. The maximum absolute atomic E-state index is 5.85. The molecule has 0 unspecified atom stereocenters. The molecule has 1 aliphatic heterocycles. The van der Waals surface area contributed by atoms with Crippen LogP contribution in [0, 0.1) is 20.8 Å². The summed E-state index contributed by atoms with van der Waals surface area (Å²) in [7, 11) is 0. The summed E-state index contributed by atoms with van der Waals surface area (Å²) in [5.74, 6) is 0. The highest BCUT2D eigenvalue weighted by Crippen LogP contribution is 2.42. The van der Waals surface area contributed by atoms with Crippen LogP contribution in [-0.2, 0) is 6.54 Å². The first-order chi connectivity index (χ1) is 16.0. The Hall–Kier alpha value is -3.51. The van der Waals surface area contributed by atoms with Crippen LogP contribution in [0.3, 0.4) is 0 Å². The van der Waals surface area contributed by atoms with E-state index in [0.717, 1.165) is 10.8 Å². The van der Waals surface area contributed by atoms with Crippen molar-refractivity contribution < 1.29 is 0 Å². The van der Waals surface area contributed by atoms with E-state index in [1.165, 1.54) is 33.8 Å². The van der Waals surface area contributed by atoms with E-state index in [4.69, 9.17) is 12.2 Å². The molecular weight excluding hydrogens is 426 g/mol. The predicted molar refractivity (Wildman–Crippen MR) is 135 cm³/mol. The molecule has 0 amide bonds. The molecule has 0 radical (unpaired) electrons. The van der Waals surface area contributed by atoms with Gasteiger partial charge in [0.15, 0.2) is 5.11 Å². The summed E-state index contributed by atoms with van der Waals surface area (Å²) >= 11 is 5.85. The second-order valence-electron chi connectivity index (χ2n) is 8.61. The van der Waals surface area contributed by atoms with Crippen LogP contribution < -0.4 is 5.32 Å². The summed E-state index contributed by atoms with van der Waals surface area (Å²) in [5.41, 5.74) is 8.26. The fourth-order valence-corrected chi connectivity index (χ4v) is 5.08. The molecular formula is C27H27N5S. The summed E-state index contributed by atoms with van der Waals surface area (Å²) in [6.07, 6.45) is 5.50. The van der Waals surface area contributed by atoms with Gasteiger partial charge in [0.25, 0.3) is 0 Å². The number of aryl methyl sites for hydroxylation is 2. The molecule has 4 aromatic rings. The number of nitrogens with one attached hydrogen (secondary N) is 1. The SMILES string of the molecule is Cc1ccc(-n2c(C)cc([C@@H]3[C@@H](c4ccccn4)NC(=S)N3Cc3ccncc3)c2C)cc1. The Balaban J connectivity index is 1.61. The Kier molecular flexibility index (Phi) is 5.68. The molecule has 6 heteroatoms. The number of nitrogens with zero attached hydrogens (tertiary/aromatic N) is 4. The zero-order valence-corrected chi connectivity index (χ0v) is 19.9. The highest BCUT2D eigenvalue weighted by atomic mass is 32.1. The molecule has 1 N–H and O–H groups in total. The number of hydrogen-bond donors (Lipinski definition) is 1. The van der Waals surface area contributed by atoms with E-state index in [2.05, 4.69) is 81.9 Å². The van der Waals surface area contributed by atoms with E-state index in [1.54, 1.807) is 0 Å². The van der Waals surface area contributed by atoms with Crippen LogP contribution in [0.25, 0.3) is 5.69 Å². The lowest BCUT2D eigenvalue weighted by atomic mass is 9.96. The molecule has 0 spiro atoms. The molecule has 0 saturated carbocycles. The van der Waals surface area contributed by atoms with Gasteiger partial charge >= 0.3 is 0 Å². The van der Waals surface area contributed by atoms with E-state index in [-0.39, 0.29) is 12.1 Å². The standard InChI is InChI=1S/C27H27N5S/c1-18-7-9-22(10-8-18)32-19(2)16-23(20(32)3)26-25(24-6-4-5-13-29-24)30-27(33)31(26)17-21-11-14-28-15-12-21/h4-16,25-26H,17H2,1-3H3,(H,30,33)/t25-,26-/m1/s1. The first-order valence-electron chi connectivity index (χ1n) is 11.2. The average Bonchev–Trinajstić information content (AvgIpc) is 3.31. The van der Waals surface area contributed by atoms with Gasteiger partial charge in [0, 0.05) is 42.2 Å². The minimum Gasteiger partial charge on any atom is -0.352 e. The lowest BCUT2D eigenvalue weighted by molar-refractivity contribution is 0.310. The average molecular weight is 454 g/mol. The lowest BCUT2D eigenvalue weighted by Crippen LogP contribution is -2.29. The zero-order valence-electron chi connectivity index (χ0n) is 19.1. The molecule has 1 aromatic carbocycles. The zero-order chi connectivity index (χ0) is 22.9. The van der Waals surface area contributed by atoms with Gasteiger partial charge in [-0.2, -0.15) is 0 Å². The highest BCUT2D eigenvalue weighted by molar-refractivity contribution is 7.80. The number of pyridine rings is 2. The van der Waals surface area contributed by atoms with Crippen molar-refractivity contribution in [2.45, 2.75) is 39.4 Å². The molecule has 0 bridgehead atoms. The van der Waals surface area contributed by atoms with Crippen LogP contribution >= 0.6 is 12.2 Å². The normalized spacial score (nSPS) is 17.9. The molecule has 1 aliphatic rings. The number of benzene rings is 1. The lowest BCUT2D eigenvalue weighted by Gasteiger charge is -2.28. The third kappa shape index (κ3) is 4.02. The van der Waals surface area contributed by atoms with E-state index in [1.807, 2.05) is 42.9 Å². The van der Waals surface area contributed by atoms with Gasteiger partial charge in [-0.05, 0) is 86.6 Å². The van der Waals surface area contributed by atoms with Crippen molar-refractivity contribution in [3.8, 4) is 5.69 Å². The fraction of sp³-hybridized carbons (Fsp3) is 0.222. The summed E-state index contributed by atoms with van der Waals surface area (Å²) in [4.78, 5) is 11.1. The monoisotopic (exact) mass is 453 g/mol. The molecule has 2 atom stereocenters. The number of hydrogen-bond acceptors (Lipinski definition) is 3. The van der Waals surface area contributed by atoms with Crippen LogP contribution in [0.2, 0.25) is 0 Å². The quantitative estimate of drug-likeness (QED) is 0.412. The number of aromatic nitrogens is 3. The number of rotatable bonds is 5. The van der Waals surface area contributed by atoms with Crippen molar-refractivity contribution in [2.24, 2.45) is 0 Å².